The number of benzene rings is 3. The van der Waals surface area contributed by atoms with Gasteiger partial charge in [0.05, 0.1) is 19.3 Å². The van der Waals surface area contributed by atoms with Crippen LogP contribution in [0.15, 0.2) is 60.7 Å². The zero-order chi connectivity index (χ0) is 26.8. The smallest absolute Gasteiger partial charge is 0.261 e. The fraction of sp³-hybridized carbons (Fsp3) is 0.400. The Labute approximate surface area is 227 Å². The van der Waals surface area contributed by atoms with Gasteiger partial charge in [0.25, 0.3) is 11.8 Å². The van der Waals surface area contributed by atoms with Crippen molar-refractivity contribution in [2.24, 2.45) is 0 Å². The summed E-state index contributed by atoms with van der Waals surface area (Å²) in [5, 5.41) is 12.2. The lowest BCUT2D eigenvalue weighted by Gasteiger charge is -2.36. The zero-order valence-corrected chi connectivity index (χ0v) is 21.8. The number of amides is 2. The second-order valence-electron chi connectivity index (χ2n) is 10.3. The molecule has 3 aliphatic rings. The average Bonchev–Trinajstić information content (AvgIpc) is 2.96. The summed E-state index contributed by atoms with van der Waals surface area (Å²) in [6.45, 7) is 5.74. The highest BCUT2D eigenvalue weighted by Crippen LogP contribution is 2.31. The zero-order valence-electron chi connectivity index (χ0n) is 21.8. The number of para-hydroxylation sites is 2. The van der Waals surface area contributed by atoms with Gasteiger partial charge >= 0.3 is 0 Å². The summed E-state index contributed by atoms with van der Waals surface area (Å²) in [4.78, 5) is 32.1. The van der Waals surface area contributed by atoms with E-state index in [0.29, 0.717) is 49.7 Å². The van der Waals surface area contributed by atoms with E-state index in [0.717, 1.165) is 42.7 Å². The lowest BCUT2D eigenvalue weighted by atomic mass is 9.94. The molecule has 39 heavy (non-hydrogen) atoms. The van der Waals surface area contributed by atoms with E-state index in [-0.39, 0.29) is 24.5 Å². The van der Waals surface area contributed by atoms with Gasteiger partial charge in [0, 0.05) is 62.3 Å². The summed E-state index contributed by atoms with van der Waals surface area (Å²) in [5.41, 5.74) is 1.19. The SMILES string of the molecule is O=C1c2cccc3cccc(c23)C(=O)N1CCN1CCN(C[C@H](O)COC[C@H]2COc3ccccc3O2)CC1. The molecule has 0 aromatic heterocycles. The summed E-state index contributed by atoms with van der Waals surface area (Å²) in [5.74, 6) is 1.01. The van der Waals surface area contributed by atoms with Crippen LogP contribution in [-0.2, 0) is 4.74 Å². The standard InChI is InChI=1S/C30H33N3O6/c34-22(18-37-19-23-20-38-26-9-1-2-10-27(26)39-23)17-32-13-11-31(12-14-32)15-16-33-29(35)24-7-3-5-21-6-4-8-25(28(21)24)30(33)36/h1-10,22-23,34H,11-20H2/t22-,23-/m0/s1. The minimum atomic E-state index is -0.597. The van der Waals surface area contributed by atoms with Crippen molar-refractivity contribution < 1.29 is 28.9 Å². The number of carbonyl (C=O) groups is 2. The number of aliphatic hydroxyl groups excluding tert-OH is 1. The van der Waals surface area contributed by atoms with E-state index in [1.54, 1.807) is 12.1 Å². The Balaban J connectivity index is 0.921. The molecule has 3 aliphatic heterocycles. The van der Waals surface area contributed by atoms with Crippen LogP contribution < -0.4 is 9.47 Å². The lowest BCUT2D eigenvalue weighted by Crippen LogP contribution is -2.51. The van der Waals surface area contributed by atoms with Gasteiger partial charge in [-0.2, -0.15) is 0 Å². The summed E-state index contributed by atoms with van der Waals surface area (Å²) >= 11 is 0. The Morgan fingerprint density at radius 3 is 2.23 bits per heavy atom. The van der Waals surface area contributed by atoms with Gasteiger partial charge in [-0.3, -0.25) is 24.3 Å². The predicted molar refractivity (Wildman–Crippen MR) is 145 cm³/mol. The van der Waals surface area contributed by atoms with Crippen LogP contribution in [0.1, 0.15) is 20.7 Å². The van der Waals surface area contributed by atoms with Crippen molar-refractivity contribution in [2.75, 3.05) is 65.6 Å². The highest BCUT2D eigenvalue weighted by atomic mass is 16.6. The highest BCUT2D eigenvalue weighted by Gasteiger charge is 2.33. The summed E-state index contributed by atoms with van der Waals surface area (Å²) in [6, 6.07) is 18.8. The van der Waals surface area contributed by atoms with Crippen molar-refractivity contribution >= 4 is 22.6 Å². The van der Waals surface area contributed by atoms with Gasteiger partial charge in [0.2, 0.25) is 0 Å². The van der Waals surface area contributed by atoms with Crippen LogP contribution in [0.4, 0.5) is 0 Å². The number of piperazine rings is 1. The van der Waals surface area contributed by atoms with E-state index >= 15 is 0 Å². The van der Waals surface area contributed by atoms with Crippen molar-refractivity contribution in [1.82, 2.24) is 14.7 Å². The van der Waals surface area contributed by atoms with Gasteiger partial charge in [0.15, 0.2) is 17.6 Å². The molecule has 0 unspecified atom stereocenters. The second-order valence-corrected chi connectivity index (χ2v) is 10.3. The predicted octanol–water partition coefficient (Wildman–Crippen LogP) is 2.27. The molecule has 0 spiro atoms. The average molecular weight is 532 g/mol. The number of rotatable bonds is 9. The normalized spacial score (nSPS) is 20.4. The van der Waals surface area contributed by atoms with E-state index in [2.05, 4.69) is 9.80 Å². The van der Waals surface area contributed by atoms with Crippen LogP contribution in [0.25, 0.3) is 10.8 Å². The molecule has 1 saturated heterocycles. The first kappa shape index (κ1) is 25.8. The topological polar surface area (TPSA) is 91.8 Å². The van der Waals surface area contributed by atoms with Gasteiger partial charge in [0.1, 0.15) is 6.61 Å². The Bertz CT molecular complexity index is 1300. The molecule has 2 atom stereocenters. The maximum absolute atomic E-state index is 13.1. The Hall–Kier alpha value is -3.50. The second kappa shape index (κ2) is 11.3. The van der Waals surface area contributed by atoms with Crippen molar-refractivity contribution in [3.63, 3.8) is 0 Å². The van der Waals surface area contributed by atoms with Gasteiger partial charge in [-0.1, -0.05) is 36.4 Å². The first-order valence-corrected chi connectivity index (χ1v) is 13.5. The van der Waals surface area contributed by atoms with E-state index in [9.17, 15) is 14.7 Å². The third-order valence-corrected chi connectivity index (χ3v) is 7.61. The number of aliphatic hydroxyl groups is 1. The van der Waals surface area contributed by atoms with Gasteiger partial charge in [-0.05, 0) is 29.7 Å². The largest absolute Gasteiger partial charge is 0.486 e. The minimum Gasteiger partial charge on any atom is -0.486 e. The molecule has 6 rings (SSSR count). The fourth-order valence-corrected chi connectivity index (χ4v) is 5.55. The van der Waals surface area contributed by atoms with Gasteiger partial charge < -0.3 is 19.3 Å². The summed E-state index contributed by atoms with van der Waals surface area (Å²) in [7, 11) is 0. The quantitative estimate of drug-likeness (QED) is 0.421. The molecular weight excluding hydrogens is 498 g/mol. The number of carbonyl (C=O) groups excluding carboxylic acids is 2. The Morgan fingerprint density at radius 2 is 1.51 bits per heavy atom. The van der Waals surface area contributed by atoms with E-state index in [4.69, 9.17) is 14.2 Å². The molecule has 9 nitrogen and oxygen atoms in total. The van der Waals surface area contributed by atoms with E-state index < -0.39 is 6.10 Å². The molecule has 3 aromatic carbocycles. The van der Waals surface area contributed by atoms with Gasteiger partial charge in [-0.25, -0.2) is 0 Å². The molecule has 0 radical (unpaired) electrons. The van der Waals surface area contributed by atoms with Crippen LogP contribution in [0.3, 0.4) is 0 Å². The molecule has 0 bridgehead atoms. The number of ether oxygens (including phenoxy) is 3. The lowest BCUT2D eigenvalue weighted by molar-refractivity contribution is -0.0321. The van der Waals surface area contributed by atoms with Crippen LogP contribution in [-0.4, -0.2) is 109 Å². The molecule has 3 heterocycles. The summed E-state index contributed by atoms with van der Waals surface area (Å²) in [6.07, 6.45) is -0.796. The fourth-order valence-electron chi connectivity index (χ4n) is 5.55. The van der Waals surface area contributed by atoms with Crippen molar-refractivity contribution in [3.05, 3.63) is 71.8 Å². The number of hydrogen-bond donors (Lipinski definition) is 1. The van der Waals surface area contributed by atoms with Crippen LogP contribution in [0.5, 0.6) is 11.5 Å². The maximum atomic E-state index is 13.1. The number of fused-ring (bicyclic) bond motifs is 1. The maximum Gasteiger partial charge on any atom is 0.261 e. The number of β-amino-alcohol motifs (C(OH)–C–C–N with tert-alkyl or cyclic N) is 1. The molecule has 9 heteroatoms. The molecule has 1 N–H and O–H groups in total. The molecule has 2 amide bonds. The van der Waals surface area contributed by atoms with Crippen molar-refractivity contribution in [1.29, 1.82) is 0 Å². The third-order valence-electron chi connectivity index (χ3n) is 7.61. The molecule has 0 aliphatic carbocycles. The Kier molecular flexibility index (Phi) is 7.47. The van der Waals surface area contributed by atoms with Crippen LogP contribution >= 0.6 is 0 Å². The molecule has 0 saturated carbocycles. The van der Waals surface area contributed by atoms with Crippen LogP contribution in [0.2, 0.25) is 0 Å². The third kappa shape index (κ3) is 5.49. The van der Waals surface area contributed by atoms with Crippen molar-refractivity contribution in [3.8, 4) is 11.5 Å². The minimum absolute atomic E-state index is 0.198. The van der Waals surface area contributed by atoms with Crippen LogP contribution in [0, 0.1) is 0 Å². The monoisotopic (exact) mass is 531 g/mol. The highest BCUT2D eigenvalue weighted by molar-refractivity contribution is 6.25. The first-order valence-electron chi connectivity index (χ1n) is 13.5. The Morgan fingerprint density at radius 1 is 0.846 bits per heavy atom. The first-order chi connectivity index (χ1) is 19.1. The van der Waals surface area contributed by atoms with Crippen molar-refractivity contribution in [2.45, 2.75) is 12.2 Å². The molecule has 3 aromatic rings. The van der Waals surface area contributed by atoms with E-state index in [1.807, 2.05) is 48.5 Å². The molecule has 1 fully saturated rings. The number of nitrogens with zero attached hydrogens (tertiary/aromatic N) is 3. The van der Waals surface area contributed by atoms with Gasteiger partial charge in [-0.15, -0.1) is 0 Å². The number of hydrogen-bond acceptors (Lipinski definition) is 8. The molecule has 204 valence electrons. The summed E-state index contributed by atoms with van der Waals surface area (Å²) < 4.78 is 17.3. The van der Waals surface area contributed by atoms with E-state index in [1.165, 1.54) is 4.90 Å². The number of imide groups is 1. The molecular formula is C30H33N3O6.